The zero-order chi connectivity index (χ0) is 18.9. The zero-order valence-electron chi connectivity index (χ0n) is 16.5. The molecule has 1 aliphatic heterocycles. The Morgan fingerprint density at radius 2 is 1.82 bits per heavy atom. The molecule has 2 heterocycles. The van der Waals surface area contributed by atoms with Crippen LogP contribution in [0.25, 0.3) is 0 Å². The van der Waals surface area contributed by atoms with Gasteiger partial charge in [-0.3, -0.25) is 0 Å². The van der Waals surface area contributed by atoms with Gasteiger partial charge < -0.3 is 19.9 Å². The summed E-state index contributed by atoms with van der Waals surface area (Å²) in [6.07, 6.45) is 3.58. The molecule has 1 aliphatic rings. The highest BCUT2D eigenvalue weighted by Crippen LogP contribution is 2.11. The normalized spacial score (nSPS) is 14.6. The van der Waals surface area contributed by atoms with Gasteiger partial charge in [-0.05, 0) is 24.1 Å². The summed E-state index contributed by atoms with van der Waals surface area (Å²) in [6, 6.07) is 10.2. The first kappa shape index (κ1) is 22.4. The van der Waals surface area contributed by atoms with E-state index >= 15 is 0 Å². The van der Waals surface area contributed by atoms with Gasteiger partial charge in [-0.15, -0.1) is 24.0 Å². The van der Waals surface area contributed by atoms with E-state index in [1.54, 1.807) is 19.5 Å². The molecule has 0 bridgehead atoms. The Kier molecular flexibility index (Phi) is 9.42. The van der Waals surface area contributed by atoms with Crippen molar-refractivity contribution in [3.05, 3.63) is 53.9 Å². The van der Waals surface area contributed by atoms with Gasteiger partial charge in [0.05, 0.1) is 13.2 Å². The lowest BCUT2D eigenvalue weighted by Gasteiger charge is -2.36. The predicted molar refractivity (Wildman–Crippen MR) is 123 cm³/mol. The lowest BCUT2D eigenvalue weighted by Crippen LogP contribution is -2.52. The van der Waals surface area contributed by atoms with Gasteiger partial charge in [-0.25, -0.2) is 15.0 Å². The topological polar surface area (TPSA) is 65.9 Å². The summed E-state index contributed by atoms with van der Waals surface area (Å²) in [5.74, 6) is 1.76. The molecule has 3 rings (SSSR count). The summed E-state index contributed by atoms with van der Waals surface area (Å²) >= 11 is 0. The number of halogens is 1. The number of anilines is 1. The summed E-state index contributed by atoms with van der Waals surface area (Å²) < 4.78 is 5.22. The Labute approximate surface area is 184 Å². The third-order valence-corrected chi connectivity index (χ3v) is 4.46. The summed E-state index contributed by atoms with van der Waals surface area (Å²) in [4.78, 5) is 18.1. The molecule has 7 nitrogen and oxygen atoms in total. The zero-order valence-corrected chi connectivity index (χ0v) is 18.9. The number of nitrogens with one attached hydrogen (secondary N) is 1. The smallest absolute Gasteiger partial charge is 0.225 e. The van der Waals surface area contributed by atoms with Crippen LogP contribution in [0.4, 0.5) is 5.95 Å². The number of aromatic nitrogens is 2. The number of piperazine rings is 1. The number of guanidine groups is 1. The van der Waals surface area contributed by atoms with Crippen molar-refractivity contribution in [2.45, 2.75) is 20.1 Å². The molecule has 152 valence electrons. The molecule has 0 aliphatic carbocycles. The Balaban J connectivity index is 0.00000280. The molecule has 2 aromatic rings. The predicted octanol–water partition coefficient (Wildman–Crippen LogP) is 2.53. The van der Waals surface area contributed by atoms with Gasteiger partial charge in [0, 0.05) is 52.2 Å². The van der Waals surface area contributed by atoms with Crippen LogP contribution in [-0.2, 0) is 17.9 Å². The van der Waals surface area contributed by atoms with Crippen LogP contribution in [0.2, 0.25) is 0 Å². The van der Waals surface area contributed by atoms with E-state index in [9.17, 15) is 0 Å². The standard InChI is InChI=1S/C20H28N6O.HI/c1-3-21-19(24-15-17-6-4-7-18(14-17)16-27-2)25-10-12-26(13-11-25)20-22-8-5-9-23-20;/h4-9,14H,3,10-13,15-16H2,1-2H3,(H,21,24);1H. The van der Waals surface area contributed by atoms with E-state index in [1.807, 2.05) is 6.07 Å². The molecular formula is C20H29IN6O. The lowest BCUT2D eigenvalue weighted by atomic mass is 10.1. The van der Waals surface area contributed by atoms with Crippen molar-refractivity contribution in [1.82, 2.24) is 20.2 Å². The van der Waals surface area contributed by atoms with E-state index in [1.165, 1.54) is 11.1 Å². The van der Waals surface area contributed by atoms with Crippen molar-refractivity contribution in [2.75, 3.05) is 44.7 Å². The fourth-order valence-electron chi connectivity index (χ4n) is 3.15. The summed E-state index contributed by atoms with van der Waals surface area (Å²) in [5, 5.41) is 3.42. The maximum atomic E-state index is 5.22. The molecule has 1 N–H and O–H groups in total. The molecule has 0 saturated carbocycles. The molecule has 1 aromatic heterocycles. The van der Waals surface area contributed by atoms with E-state index in [0.717, 1.165) is 44.6 Å². The molecule has 1 fully saturated rings. The van der Waals surface area contributed by atoms with Crippen molar-refractivity contribution in [1.29, 1.82) is 0 Å². The number of ether oxygens (including phenoxy) is 1. The van der Waals surface area contributed by atoms with Crippen LogP contribution in [-0.4, -0.2) is 60.7 Å². The molecule has 0 spiro atoms. The SMILES string of the molecule is CCNC(=NCc1cccc(COC)c1)N1CCN(c2ncccn2)CC1.I. The second kappa shape index (κ2) is 11.8. The Bertz CT molecular complexity index is 734. The molecule has 28 heavy (non-hydrogen) atoms. The average Bonchev–Trinajstić information content (AvgIpc) is 2.72. The molecule has 0 radical (unpaired) electrons. The first-order valence-corrected chi connectivity index (χ1v) is 9.42. The molecule has 8 heteroatoms. The van der Waals surface area contributed by atoms with Gasteiger partial charge in [0.25, 0.3) is 0 Å². The van der Waals surface area contributed by atoms with E-state index < -0.39 is 0 Å². The van der Waals surface area contributed by atoms with E-state index in [-0.39, 0.29) is 24.0 Å². The van der Waals surface area contributed by atoms with Crippen molar-refractivity contribution < 1.29 is 4.74 Å². The molecule has 1 saturated heterocycles. The molecule has 0 atom stereocenters. The van der Waals surface area contributed by atoms with Crippen LogP contribution in [0, 0.1) is 0 Å². The number of benzene rings is 1. The average molecular weight is 496 g/mol. The van der Waals surface area contributed by atoms with Crippen LogP contribution >= 0.6 is 24.0 Å². The van der Waals surface area contributed by atoms with E-state index in [0.29, 0.717) is 13.2 Å². The van der Waals surface area contributed by atoms with Crippen LogP contribution in [0.3, 0.4) is 0 Å². The fourth-order valence-corrected chi connectivity index (χ4v) is 3.15. The van der Waals surface area contributed by atoms with Crippen molar-refractivity contribution in [2.24, 2.45) is 4.99 Å². The first-order valence-electron chi connectivity index (χ1n) is 9.42. The van der Waals surface area contributed by atoms with Crippen LogP contribution in [0.15, 0.2) is 47.7 Å². The number of nitrogens with zero attached hydrogens (tertiary/aromatic N) is 5. The highest BCUT2D eigenvalue weighted by atomic mass is 127. The monoisotopic (exact) mass is 496 g/mol. The fraction of sp³-hybridized carbons (Fsp3) is 0.450. The highest BCUT2D eigenvalue weighted by Gasteiger charge is 2.20. The second-order valence-corrected chi connectivity index (χ2v) is 6.45. The van der Waals surface area contributed by atoms with Gasteiger partial charge in [0.15, 0.2) is 5.96 Å². The van der Waals surface area contributed by atoms with Crippen LogP contribution in [0.1, 0.15) is 18.1 Å². The van der Waals surface area contributed by atoms with Crippen LogP contribution < -0.4 is 10.2 Å². The second-order valence-electron chi connectivity index (χ2n) is 6.45. The first-order chi connectivity index (χ1) is 13.3. The maximum absolute atomic E-state index is 5.22. The van der Waals surface area contributed by atoms with Gasteiger partial charge in [0.2, 0.25) is 5.95 Å². The molecular weight excluding hydrogens is 467 g/mol. The van der Waals surface area contributed by atoms with Crippen LogP contribution in [0.5, 0.6) is 0 Å². The van der Waals surface area contributed by atoms with Gasteiger partial charge in [0.1, 0.15) is 0 Å². The summed E-state index contributed by atoms with van der Waals surface area (Å²) in [7, 11) is 1.72. The molecule has 1 aromatic carbocycles. The number of hydrogen-bond donors (Lipinski definition) is 1. The highest BCUT2D eigenvalue weighted by molar-refractivity contribution is 14.0. The maximum Gasteiger partial charge on any atom is 0.225 e. The Morgan fingerprint density at radius 1 is 1.11 bits per heavy atom. The summed E-state index contributed by atoms with van der Waals surface area (Å²) in [6.45, 7) is 7.80. The van der Waals surface area contributed by atoms with E-state index in [4.69, 9.17) is 9.73 Å². The molecule has 0 amide bonds. The van der Waals surface area contributed by atoms with Crippen molar-refractivity contribution in [3.8, 4) is 0 Å². The molecule has 0 unspecified atom stereocenters. The number of methoxy groups -OCH3 is 1. The lowest BCUT2D eigenvalue weighted by molar-refractivity contribution is 0.185. The minimum absolute atomic E-state index is 0. The van der Waals surface area contributed by atoms with E-state index in [2.05, 4.69) is 56.3 Å². The quantitative estimate of drug-likeness (QED) is 0.377. The third kappa shape index (κ3) is 6.30. The summed E-state index contributed by atoms with van der Waals surface area (Å²) in [5.41, 5.74) is 2.36. The minimum Gasteiger partial charge on any atom is -0.380 e. The Hall–Kier alpha value is -1.94. The van der Waals surface area contributed by atoms with Gasteiger partial charge in [-0.1, -0.05) is 24.3 Å². The van der Waals surface area contributed by atoms with Gasteiger partial charge >= 0.3 is 0 Å². The van der Waals surface area contributed by atoms with Crippen molar-refractivity contribution in [3.63, 3.8) is 0 Å². The largest absolute Gasteiger partial charge is 0.380 e. The van der Waals surface area contributed by atoms with Gasteiger partial charge in [-0.2, -0.15) is 0 Å². The number of rotatable bonds is 6. The van der Waals surface area contributed by atoms with Crippen molar-refractivity contribution >= 4 is 35.9 Å². The number of hydrogen-bond acceptors (Lipinski definition) is 5. The number of aliphatic imine (C=N–C) groups is 1. The minimum atomic E-state index is 0. The Morgan fingerprint density at radius 3 is 2.50 bits per heavy atom. The third-order valence-electron chi connectivity index (χ3n) is 4.46.